The summed E-state index contributed by atoms with van der Waals surface area (Å²) >= 11 is 0. The van der Waals surface area contributed by atoms with E-state index in [-0.39, 0.29) is 17.8 Å². The fraction of sp³-hybridized carbons (Fsp3) is 0.176. The van der Waals surface area contributed by atoms with Crippen molar-refractivity contribution in [3.05, 3.63) is 103 Å². The minimum Gasteiger partial charge on any atom is -0.273 e. The molecule has 192 valence electrons. The summed E-state index contributed by atoms with van der Waals surface area (Å²) in [6, 6.07) is 34.7. The van der Waals surface area contributed by atoms with E-state index in [4.69, 9.17) is 4.98 Å². The first-order chi connectivity index (χ1) is 18.7. The van der Waals surface area contributed by atoms with E-state index in [1.54, 1.807) is 0 Å². The smallest absolute Gasteiger partial charge is 0.242 e. The number of hydrogen-bond donors (Lipinski definition) is 0. The summed E-state index contributed by atoms with van der Waals surface area (Å²) in [7, 11) is 0. The van der Waals surface area contributed by atoms with Gasteiger partial charge in [0.2, 0.25) is 17.8 Å². The van der Waals surface area contributed by atoms with Gasteiger partial charge in [-0.2, -0.15) is 0 Å². The van der Waals surface area contributed by atoms with Crippen molar-refractivity contribution in [1.82, 2.24) is 9.97 Å². The molecule has 0 radical (unpaired) electrons. The normalized spacial score (nSPS) is 16.2. The fourth-order valence-electron chi connectivity index (χ4n) is 5.08. The molecule has 5 nitrogen and oxygen atoms in total. The zero-order valence-electron chi connectivity index (χ0n) is 22.5. The number of hydrogen-bond acceptors (Lipinski definition) is 4. The van der Waals surface area contributed by atoms with Crippen LogP contribution in [0, 0.1) is 10.8 Å². The second kappa shape index (κ2) is 8.98. The Balaban J connectivity index is 1.45. The Hall–Kier alpha value is -4.64. The number of amides is 2. The SMILES string of the molecule is CC1(C)C(=O)N(c2nc(-c3cccc(-c4ccc(-c5ccccc5)cc4)c3)c3ccccc3n2)C(=O)C1(C)C. The van der Waals surface area contributed by atoms with Gasteiger partial charge in [0.25, 0.3) is 0 Å². The molecule has 39 heavy (non-hydrogen) atoms. The van der Waals surface area contributed by atoms with Gasteiger partial charge in [0.15, 0.2) is 0 Å². The number of carbonyl (C=O) groups excluding carboxylic acids is 2. The van der Waals surface area contributed by atoms with E-state index >= 15 is 0 Å². The predicted octanol–water partition coefficient (Wildman–Crippen LogP) is 7.56. The monoisotopic (exact) mass is 511 g/mol. The van der Waals surface area contributed by atoms with Crippen LogP contribution in [0.15, 0.2) is 103 Å². The van der Waals surface area contributed by atoms with E-state index in [1.165, 1.54) is 10.5 Å². The molecular formula is C34H29N3O2. The number of nitrogens with zero attached hydrogens (tertiary/aromatic N) is 3. The highest BCUT2D eigenvalue weighted by Gasteiger charge is 2.60. The van der Waals surface area contributed by atoms with Crippen molar-refractivity contribution < 1.29 is 9.59 Å². The molecule has 0 spiro atoms. The van der Waals surface area contributed by atoms with Crippen LogP contribution in [-0.2, 0) is 9.59 Å². The standard InChI is InChI=1S/C34H29N3O2/c1-33(2)30(38)37(31(39)34(33,3)4)32-35-28-16-9-8-15-27(28)29(36-32)26-14-10-13-25(21-26)24-19-17-23(18-20-24)22-11-6-5-7-12-22/h5-21H,1-4H3. The second-order valence-corrected chi connectivity index (χ2v) is 11.1. The number of anilines is 1. The first kappa shape index (κ1) is 24.7. The van der Waals surface area contributed by atoms with Gasteiger partial charge in [0.05, 0.1) is 22.0 Å². The number of aromatic nitrogens is 2. The summed E-state index contributed by atoms with van der Waals surface area (Å²) in [6.07, 6.45) is 0. The van der Waals surface area contributed by atoms with Gasteiger partial charge in [0, 0.05) is 10.9 Å². The Morgan fingerprint density at radius 3 is 1.72 bits per heavy atom. The summed E-state index contributed by atoms with van der Waals surface area (Å²) in [4.78, 5) is 37.5. The van der Waals surface area contributed by atoms with E-state index < -0.39 is 10.8 Å². The zero-order valence-corrected chi connectivity index (χ0v) is 22.5. The first-order valence-corrected chi connectivity index (χ1v) is 13.1. The fourth-order valence-corrected chi connectivity index (χ4v) is 5.08. The molecule has 1 fully saturated rings. The minimum atomic E-state index is -0.870. The van der Waals surface area contributed by atoms with Crippen molar-refractivity contribution in [2.75, 3.05) is 4.90 Å². The molecule has 1 aliphatic heterocycles. The van der Waals surface area contributed by atoms with Crippen LogP contribution < -0.4 is 4.90 Å². The molecule has 0 aliphatic carbocycles. The third kappa shape index (κ3) is 3.93. The van der Waals surface area contributed by atoms with Gasteiger partial charge >= 0.3 is 0 Å². The molecule has 5 heteroatoms. The molecular weight excluding hydrogens is 482 g/mol. The summed E-state index contributed by atoms with van der Waals surface area (Å²) in [5.74, 6) is -0.452. The molecule has 0 bridgehead atoms. The van der Waals surface area contributed by atoms with Crippen LogP contribution in [0.2, 0.25) is 0 Å². The van der Waals surface area contributed by atoms with Crippen molar-refractivity contribution >= 4 is 28.7 Å². The highest BCUT2D eigenvalue weighted by molar-refractivity contribution is 6.24. The predicted molar refractivity (Wildman–Crippen MR) is 156 cm³/mol. The molecule has 0 atom stereocenters. The lowest BCUT2D eigenvalue weighted by Crippen LogP contribution is -2.35. The van der Waals surface area contributed by atoms with Gasteiger partial charge in [-0.15, -0.1) is 0 Å². The van der Waals surface area contributed by atoms with Crippen molar-refractivity contribution in [3.63, 3.8) is 0 Å². The number of fused-ring (bicyclic) bond motifs is 1. The molecule has 0 saturated carbocycles. The molecule has 1 saturated heterocycles. The highest BCUT2D eigenvalue weighted by atomic mass is 16.2. The quantitative estimate of drug-likeness (QED) is 0.234. The molecule has 6 rings (SSSR count). The Labute approximate surface area is 228 Å². The van der Waals surface area contributed by atoms with Crippen LogP contribution in [0.3, 0.4) is 0 Å². The third-order valence-corrected chi connectivity index (χ3v) is 8.29. The lowest BCUT2D eigenvalue weighted by Gasteiger charge is -2.28. The lowest BCUT2D eigenvalue weighted by atomic mass is 9.70. The number of carbonyl (C=O) groups is 2. The third-order valence-electron chi connectivity index (χ3n) is 8.29. The van der Waals surface area contributed by atoms with Gasteiger partial charge in [0.1, 0.15) is 0 Å². The summed E-state index contributed by atoms with van der Waals surface area (Å²) < 4.78 is 0. The highest BCUT2D eigenvalue weighted by Crippen LogP contribution is 2.48. The van der Waals surface area contributed by atoms with E-state index in [0.717, 1.165) is 27.6 Å². The minimum absolute atomic E-state index is 0.120. The van der Waals surface area contributed by atoms with Crippen LogP contribution in [-0.4, -0.2) is 21.8 Å². The lowest BCUT2D eigenvalue weighted by molar-refractivity contribution is -0.129. The van der Waals surface area contributed by atoms with Crippen LogP contribution in [0.4, 0.5) is 5.95 Å². The Morgan fingerprint density at radius 2 is 1.05 bits per heavy atom. The number of benzene rings is 4. The van der Waals surface area contributed by atoms with Gasteiger partial charge in [-0.3, -0.25) is 9.59 Å². The Morgan fingerprint density at radius 1 is 0.538 bits per heavy atom. The summed E-state index contributed by atoms with van der Waals surface area (Å²) in [5.41, 5.74) is 4.98. The van der Waals surface area contributed by atoms with Crippen molar-refractivity contribution in [1.29, 1.82) is 0 Å². The molecule has 5 aromatic rings. The molecule has 2 heterocycles. The maximum atomic E-state index is 13.4. The van der Waals surface area contributed by atoms with Crippen LogP contribution in [0.25, 0.3) is 44.4 Å². The van der Waals surface area contributed by atoms with E-state index in [0.29, 0.717) is 11.2 Å². The average Bonchev–Trinajstić information content (AvgIpc) is 3.08. The zero-order chi connectivity index (χ0) is 27.4. The van der Waals surface area contributed by atoms with Crippen LogP contribution in [0.1, 0.15) is 27.7 Å². The van der Waals surface area contributed by atoms with Crippen molar-refractivity contribution in [3.8, 4) is 33.5 Å². The largest absolute Gasteiger partial charge is 0.273 e. The number of para-hydroxylation sites is 1. The molecule has 0 unspecified atom stereocenters. The van der Waals surface area contributed by atoms with Gasteiger partial charge < -0.3 is 0 Å². The molecule has 2 amide bonds. The molecule has 0 N–H and O–H groups in total. The summed E-state index contributed by atoms with van der Waals surface area (Å²) in [5, 5.41) is 0.857. The average molecular weight is 512 g/mol. The van der Waals surface area contributed by atoms with Crippen LogP contribution >= 0.6 is 0 Å². The number of imide groups is 1. The van der Waals surface area contributed by atoms with E-state index in [9.17, 15) is 9.59 Å². The van der Waals surface area contributed by atoms with E-state index in [1.807, 2.05) is 82.3 Å². The van der Waals surface area contributed by atoms with Crippen LogP contribution in [0.5, 0.6) is 0 Å². The Kier molecular flexibility index (Phi) is 5.69. The Bertz CT molecular complexity index is 1710. The van der Waals surface area contributed by atoms with Gasteiger partial charge in [-0.25, -0.2) is 14.9 Å². The van der Waals surface area contributed by atoms with Gasteiger partial charge in [-0.1, -0.05) is 91.0 Å². The second-order valence-electron chi connectivity index (χ2n) is 11.1. The topological polar surface area (TPSA) is 63.2 Å². The first-order valence-electron chi connectivity index (χ1n) is 13.1. The maximum Gasteiger partial charge on any atom is 0.242 e. The summed E-state index contributed by atoms with van der Waals surface area (Å²) in [6.45, 7) is 7.23. The number of rotatable bonds is 4. The molecule has 4 aromatic carbocycles. The van der Waals surface area contributed by atoms with Crippen molar-refractivity contribution in [2.45, 2.75) is 27.7 Å². The molecule has 1 aromatic heterocycles. The maximum absolute atomic E-state index is 13.4. The van der Waals surface area contributed by atoms with Crippen molar-refractivity contribution in [2.24, 2.45) is 10.8 Å². The van der Waals surface area contributed by atoms with Gasteiger partial charge in [-0.05, 0) is 62.1 Å². The molecule has 1 aliphatic rings. The van der Waals surface area contributed by atoms with E-state index in [2.05, 4.69) is 53.5 Å².